The molecular weight excluding hydrogens is 281 g/mol. The van der Waals surface area contributed by atoms with Crippen molar-refractivity contribution in [3.63, 3.8) is 0 Å². The highest BCUT2D eigenvalue weighted by atomic mass is 32.2. The third-order valence-corrected chi connectivity index (χ3v) is 4.09. The Hall–Kier alpha value is -1.56. The lowest BCUT2D eigenvalue weighted by molar-refractivity contribution is -0.142. The van der Waals surface area contributed by atoms with Gasteiger partial charge in [0.2, 0.25) is 5.91 Å². The van der Waals surface area contributed by atoms with Crippen molar-refractivity contribution in [2.75, 3.05) is 5.75 Å². The highest BCUT2D eigenvalue weighted by molar-refractivity contribution is 7.99. The van der Waals surface area contributed by atoms with Crippen molar-refractivity contribution < 1.29 is 19.1 Å². The zero-order valence-corrected chi connectivity index (χ0v) is 11.7. The van der Waals surface area contributed by atoms with E-state index in [4.69, 9.17) is 5.11 Å². The lowest BCUT2D eigenvalue weighted by Crippen LogP contribution is -2.43. The normalized spacial score (nSPS) is 15.7. The van der Waals surface area contributed by atoms with E-state index in [1.807, 2.05) is 0 Å². The van der Waals surface area contributed by atoms with Gasteiger partial charge in [0.05, 0.1) is 5.75 Å². The molecule has 4 nitrogen and oxygen atoms in total. The molecule has 1 aliphatic rings. The first kappa shape index (κ1) is 14.8. The minimum Gasteiger partial charge on any atom is -0.480 e. The maximum Gasteiger partial charge on any atom is 0.326 e. The van der Waals surface area contributed by atoms with Crippen LogP contribution >= 0.6 is 11.8 Å². The standard InChI is InChI=1S/C14H16FNO3S/c15-11-5-1-9(2-6-11)7-20-8-12(17)16-13(14(18)19)10-3-4-10/h1-2,5-6,10,13H,3-4,7-8H2,(H,16,17)(H,18,19). The summed E-state index contributed by atoms with van der Waals surface area (Å²) < 4.78 is 12.7. The van der Waals surface area contributed by atoms with E-state index >= 15 is 0 Å². The number of carbonyl (C=O) groups is 2. The Labute approximate surface area is 120 Å². The number of hydrogen-bond acceptors (Lipinski definition) is 3. The second-order valence-corrected chi connectivity index (χ2v) is 5.83. The molecule has 0 heterocycles. The molecule has 1 fully saturated rings. The van der Waals surface area contributed by atoms with Crippen molar-refractivity contribution in [1.82, 2.24) is 5.32 Å². The van der Waals surface area contributed by atoms with Crippen molar-refractivity contribution in [2.45, 2.75) is 24.6 Å². The number of amides is 1. The molecule has 2 rings (SSSR count). The summed E-state index contributed by atoms with van der Waals surface area (Å²) >= 11 is 1.38. The molecule has 0 aromatic heterocycles. The summed E-state index contributed by atoms with van der Waals surface area (Å²) in [6, 6.07) is 5.34. The van der Waals surface area contributed by atoms with Crippen LogP contribution in [0.5, 0.6) is 0 Å². The van der Waals surface area contributed by atoms with Gasteiger partial charge in [0, 0.05) is 5.75 Å². The van der Waals surface area contributed by atoms with Gasteiger partial charge in [-0.2, -0.15) is 0 Å². The molecule has 0 aliphatic heterocycles. The molecule has 108 valence electrons. The topological polar surface area (TPSA) is 66.4 Å². The first-order chi connectivity index (χ1) is 9.56. The van der Waals surface area contributed by atoms with Gasteiger partial charge < -0.3 is 10.4 Å². The molecule has 1 saturated carbocycles. The van der Waals surface area contributed by atoms with Crippen molar-refractivity contribution >= 4 is 23.6 Å². The average Bonchev–Trinajstić information content (AvgIpc) is 3.22. The third kappa shape index (κ3) is 4.52. The van der Waals surface area contributed by atoms with Crippen molar-refractivity contribution in [1.29, 1.82) is 0 Å². The fraction of sp³-hybridized carbons (Fsp3) is 0.429. The Balaban J connectivity index is 1.72. The molecule has 0 radical (unpaired) electrons. The Morgan fingerprint density at radius 1 is 1.35 bits per heavy atom. The summed E-state index contributed by atoms with van der Waals surface area (Å²) in [4.78, 5) is 22.7. The number of thioether (sulfide) groups is 1. The van der Waals surface area contributed by atoms with Gasteiger partial charge >= 0.3 is 5.97 Å². The maximum atomic E-state index is 12.7. The lowest BCUT2D eigenvalue weighted by atomic mass is 10.2. The van der Waals surface area contributed by atoms with E-state index in [0.717, 1.165) is 18.4 Å². The first-order valence-corrected chi connectivity index (χ1v) is 7.56. The van der Waals surface area contributed by atoms with E-state index in [2.05, 4.69) is 5.32 Å². The SMILES string of the molecule is O=C(CSCc1ccc(F)cc1)NC(C(=O)O)C1CC1. The lowest BCUT2D eigenvalue weighted by Gasteiger charge is -2.13. The Morgan fingerprint density at radius 2 is 2.00 bits per heavy atom. The average molecular weight is 297 g/mol. The summed E-state index contributed by atoms with van der Waals surface area (Å²) in [6.45, 7) is 0. The molecule has 1 aromatic rings. The largest absolute Gasteiger partial charge is 0.480 e. The van der Waals surface area contributed by atoms with E-state index in [-0.39, 0.29) is 23.4 Å². The number of hydrogen-bond donors (Lipinski definition) is 2. The monoisotopic (exact) mass is 297 g/mol. The first-order valence-electron chi connectivity index (χ1n) is 6.40. The fourth-order valence-electron chi connectivity index (χ4n) is 1.87. The van der Waals surface area contributed by atoms with Gasteiger partial charge in [-0.15, -0.1) is 11.8 Å². The number of carboxylic acid groups (broad SMARTS) is 1. The maximum absolute atomic E-state index is 12.7. The number of rotatable bonds is 7. The van der Waals surface area contributed by atoms with Crippen LogP contribution in [-0.2, 0) is 15.3 Å². The van der Waals surface area contributed by atoms with Gasteiger partial charge in [-0.1, -0.05) is 12.1 Å². The minimum absolute atomic E-state index is 0.0820. The number of carbonyl (C=O) groups excluding carboxylic acids is 1. The van der Waals surface area contributed by atoms with Gasteiger partial charge in [0.15, 0.2) is 0 Å². The summed E-state index contributed by atoms with van der Waals surface area (Å²) in [6.07, 6.45) is 1.72. The molecule has 1 aliphatic carbocycles. The van der Waals surface area contributed by atoms with Crippen LogP contribution in [0.25, 0.3) is 0 Å². The van der Waals surface area contributed by atoms with Crippen molar-refractivity contribution in [2.24, 2.45) is 5.92 Å². The second kappa shape index (κ2) is 6.74. The molecule has 2 N–H and O–H groups in total. The summed E-state index contributed by atoms with van der Waals surface area (Å²) in [5.74, 6) is -0.646. The summed E-state index contributed by atoms with van der Waals surface area (Å²) in [7, 11) is 0. The smallest absolute Gasteiger partial charge is 0.326 e. The van der Waals surface area contributed by atoms with Gasteiger partial charge in [-0.05, 0) is 36.5 Å². The number of carboxylic acids is 1. The summed E-state index contributed by atoms with van der Waals surface area (Å²) in [5, 5.41) is 11.6. The number of benzene rings is 1. The van der Waals surface area contributed by atoms with Crippen molar-refractivity contribution in [3.8, 4) is 0 Å². The van der Waals surface area contributed by atoms with Gasteiger partial charge in [0.25, 0.3) is 0 Å². The van der Waals surface area contributed by atoms with Crippen LogP contribution in [0, 0.1) is 11.7 Å². The number of nitrogens with one attached hydrogen (secondary N) is 1. The molecule has 1 amide bonds. The summed E-state index contributed by atoms with van der Waals surface area (Å²) in [5.41, 5.74) is 0.932. The molecule has 20 heavy (non-hydrogen) atoms. The number of aliphatic carboxylic acids is 1. The van der Waals surface area contributed by atoms with Crippen LogP contribution < -0.4 is 5.32 Å². The van der Waals surface area contributed by atoms with Gasteiger partial charge in [0.1, 0.15) is 11.9 Å². The Kier molecular flexibility index (Phi) is 5.00. The number of halogens is 1. The molecule has 6 heteroatoms. The highest BCUT2D eigenvalue weighted by Crippen LogP contribution is 2.32. The third-order valence-electron chi connectivity index (χ3n) is 3.09. The predicted molar refractivity (Wildman–Crippen MR) is 74.9 cm³/mol. The van der Waals surface area contributed by atoms with E-state index < -0.39 is 12.0 Å². The molecule has 0 spiro atoms. The molecular formula is C14H16FNO3S. The van der Waals surface area contributed by atoms with E-state index in [9.17, 15) is 14.0 Å². The predicted octanol–water partition coefficient (Wildman–Crippen LogP) is 2.04. The van der Waals surface area contributed by atoms with Crippen LogP contribution in [0.15, 0.2) is 24.3 Å². The molecule has 0 saturated heterocycles. The fourth-order valence-corrected chi connectivity index (χ4v) is 2.67. The molecule has 1 aromatic carbocycles. The van der Waals surface area contributed by atoms with E-state index in [1.54, 1.807) is 12.1 Å². The molecule has 0 bridgehead atoms. The Bertz CT molecular complexity index is 488. The molecule has 1 unspecified atom stereocenters. The van der Waals surface area contributed by atoms with E-state index in [1.165, 1.54) is 23.9 Å². The second-order valence-electron chi connectivity index (χ2n) is 4.84. The van der Waals surface area contributed by atoms with Crippen LogP contribution in [-0.4, -0.2) is 28.8 Å². The van der Waals surface area contributed by atoms with Crippen LogP contribution in [0.1, 0.15) is 18.4 Å². The van der Waals surface area contributed by atoms with Crippen LogP contribution in [0.3, 0.4) is 0 Å². The zero-order valence-electron chi connectivity index (χ0n) is 10.8. The van der Waals surface area contributed by atoms with Crippen LogP contribution in [0.4, 0.5) is 4.39 Å². The minimum atomic E-state index is -0.968. The zero-order chi connectivity index (χ0) is 14.5. The quantitative estimate of drug-likeness (QED) is 0.808. The highest BCUT2D eigenvalue weighted by Gasteiger charge is 2.37. The van der Waals surface area contributed by atoms with Gasteiger partial charge in [-0.3, -0.25) is 4.79 Å². The van der Waals surface area contributed by atoms with Crippen LogP contribution in [0.2, 0.25) is 0 Å². The molecule has 1 atom stereocenters. The van der Waals surface area contributed by atoms with Gasteiger partial charge in [-0.25, -0.2) is 9.18 Å². The Morgan fingerprint density at radius 3 is 2.55 bits per heavy atom. The van der Waals surface area contributed by atoms with E-state index in [0.29, 0.717) is 5.75 Å². The van der Waals surface area contributed by atoms with Crippen molar-refractivity contribution in [3.05, 3.63) is 35.6 Å².